The molecule has 2 amide bonds. The number of anilines is 1. The number of carbonyl (C=O) groups is 3. The van der Waals surface area contributed by atoms with Gasteiger partial charge in [0.1, 0.15) is 12.6 Å². The number of hydrogen-bond donors (Lipinski definition) is 2. The zero-order valence-corrected chi connectivity index (χ0v) is 26.2. The van der Waals surface area contributed by atoms with Crippen LogP contribution in [0, 0.1) is 5.92 Å². The van der Waals surface area contributed by atoms with Gasteiger partial charge in [-0.2, -0.15) is 0 Å². The maximum atomic E-state index is 14.2. The van der Waals surface area contributed by atoms with Gasteiger partial charge in [-0.05, 0) is 53.6 Å². The van der Waals surface area contributed by atoms with Crippen LogP contribution in [-0.4, -0.2) is 48.7 Å². The topological polar surface area (TPSA) is 122 Å². The highest BCUT2D eigenvalue weighted by atomic mass is 32.1. The molecule has 3 aromatic carbocycles. The third-order valence-electron chi connectivity index (χ3n) is 7.12. The molecule has 11 heteroatoms. The number of rotatable bonds is 14. The first-order chi connectivity index (χ1) is 21.2. The molecule has 0 aliphatic rings. The fourth-order valence-corrected chi connectivity index (χ4v) is 7.21. The van der Waals surface area contributed by atoms with E-state index in [-0.39, 0.29) is 25.5 Å². The first-order valence-corrected chi connectivity index (χ1v) is 16.9. The summed E-state index contributed by atoms with van der Waals surface area (Å²) in [5, 5.41) is 14.3. The van der Waals surface area contributed by atoms with E-state index in [2.05, 4.69) is 5.32 Å². The van der Waals surface area contributed by atoms with E-state index in [1.165, 1.54) is 30.3 Å². The van der Waals surface area contributed by atoms with Crippen molar-refractivity contribution in [3.05, 3.63) is 113 Å². The standard InChI is InChI=1S/C33H35N2O7PS/c1-24(32(37)38)35(29-17-15-27(16-18-29)26-12-7-4-8-13-26)31(36)28(20-30-14-9-19-44-30)22-43(40,41-2)23-34-33(39)42-21-25-10-5-3-6-11-25/h3-19,24,28H,20-23H2,1-2H3,(H,34,39)(H,37,38)/t24-,28?,43?/m0/s1. The number of carboxylic acid groups (broad SMARTS) is 1. The molecule has 4 rings (SSSR count). The van der Waals surface area contributed by atoms with Gasteiger partial charge in [0.15, 0.2) is 0 Å². The Kier molecular flexibility index (Phi) is 11.5. The van der Waals surface area contributed by atoms with Crippen LogP contribution in [0.1, 0.15) is 17.4 Å². The number of aliphatic carboxylic acids is 1. The Balaban J connectivity index is 1.55. The zero-order valence-electron chi connectivity index (χ0n) is 24.5. The number of hydrogen-bond acceptors (Lipinski definition) is 7. The zero-order chi connectivity index (χ0) is 31.5. The normalized spacial score (nSPS) is 13.7. The van der Waals surface area contributed by atoms with Crippen LogP contribution in [0.5, 0.6) is 0 Å². The maximum absolute atomic E-state index is 14.2. The summed E-state index contributed by atoms with van der Waals surface area (Å²) in [5.41, 5.74) is 3.09. The molecule has 4 aromatic rings. The molecule has 3 atom stereocenters. The predicted molar refractivity (Wildman–Crippen MR) is 172 cm³/mol. The second-order valence-corrected chi connectivity index (χ2v) is 13.9. The Morgan fingerprint density at radius 3 is 2.14 bits per heavy atom. The quantitative estimate of drug-likeness (QED) is 0.145. The van der Waals surface area contributed by atoms with Crippen molar-refractivity contribution in [2.24, 2.45) is 5.92 Å². The number of thiophene rings is 1. The molecule has 0 bridgehead atoms. The second kappa shape index (κ2) is 15.5. The molecule has 1 heterocycles. The Bertz CT molecular complexity index is 1560. The lowest BCUT2D eigenvalue weighted by Crippen LogP contribution is -2.47. The van der Waals surface area contributed by atoms with Gasteiger partial charge in [-0.3, -0.25) is 14.3 Å². The van der Waals surface area contributed by atoms with Crippen molar-refractivity contribution in [3.63, 3.8) is 0 Å². The molecule has 0 spiro atoms. The number of amides is 2. The summed E-state index contributed by atoms with van der Waals surface area (Å²) in [6.07, 6.45) is -1.13. The van der Waals surface area contributed by atoms with Crippen molar-refractivity contribution in [3.8, 4) is 11.1 Å². The van der Waals surface area contributed by atoms with Crippen LogP contribution in [0.25, 0.3) is 11.1 Å². The highest BCUT2D eigenvalue weighted by Crippen LogP contribution is 2.47. The van der Waals surface area contributed by atoms with Crippen LogP contribution in [0.2, 0.25) is 0 Å². The SMILES string of the molecule is COP(=O)(CNC(=O)OCc1ccccc1)CC(Cc1cccs1)C(=O)N(c1ccc(-c2ccccc2)cc1)[C@@H](C)C(=O)O. The van der Waals surface area contributed by atoms with Gasteiger partial charge in [0, 0.05) is 23.8 Å². The lowest BCUT2D eigenvalue weighted by atomic mass is 10.0. The van der Waals surface area contributed by atoms with Gasteiger partial charge in [-0.15, -0.1) is 11.3 Å². The van der Waals surface area contributed by atoms with Crippen molar-refractivity contribution >= 4 is 42.4 Å². The average molecular weight is 635 g/mol. The van der Waals surface area contributed by atoms with E-state index >= 15 is 0 Å². The van der Waals surface area contributed by atoms with Crippen LogP contribution in [-0.2, 0) is 36.4 Å². The molecule has 9 nitrogen and oxygen atoms in total. The summed E-state index contributed by atoms with van der Waals surface area (Å²) in [6.45, 7) is 1.47. The number of alkyl carbamates (subject to hydrolysis) is 1. The van der Waals surface area contributed by atoms with Gasteiger partial charge in [0.2, 0.25) is 13.3 Å². The summed E-state index contributed by atoms with van der Waals surface area (Å²) in [7, 11) is -2.35. The molecule has 0 fully saturated rings. The van der Waals surface area contributed by atoms with Crippen LogP contribution in [0.15, 0.2) is 102 Å². The molecule has 0 saturated carbocycles. The number of ether oxygens (including phenoxy) is 1. The van der Waals surface area contributed by atoms with Crippen LogP contribution < -0.4 is 10.2 Å². The monoisotopic (exact) mass is 634 g/mol. The summed E-state index contributed by atoms with van der Waals surface area (Å²) in [4.78, 5) is 40.9. The molecule has 0 saturated heterocycles. The number of benzene rings is 3. The molecule has 0 aliphatic heterocycles. The van der Waals surface area contributed by atoms with Gasteiger partial charge in [0.05, 0.1) is 12.2 Å². The van der Waals surface area contributed by atoms with Crippen molar-refractivity contribution in [2.75, 3.05) is 24.5 Å². The van der Waals surface area contributed by atoms with E-state index in [1.807, 2.05) is 90.3 Å². The number of nitrogens with one attached hydrogen (secondary N) is 1. The Morgan fingerprint density at radius 1 is 0.909 bits per heavy atom. The lowest BCUT2D eigenvalue weighted by molar-refractivity contribution is -0.140. The van der Waals surface area contributed by atoms with Crippen LogP contribution >= 0.6 is 18.7 Å². The van der Waals surface area contributed by atoms with Gasteiger partial charge in [-0.25, -0.2) is 9.59 Å². The molecule has 2 unspecified atom stereocenters. The van der Waals surface area contributed by atoms with Crippen molar-refractivity contribution in [1.82, 2.24) is 5.32 Å². The minimum atomic E-state index is -3.61. The van der Waals surface area contributed by atoms with Crippen LogP contribution in [0.3, 0.4) is 0 Å². The molecule has 230 valence electrons. The van der Waals surface area contributed by atoms with Gasteiger partial charge >= 0.3 is 12.1 Å². The largest absolute Gasteiger partial charge is 0.480 e. The fourth-order valence-electron chi connectivity index (χ4n) is 4.69. The third-order valence-corrected chi connectivity index (χ3v) is 10.3. The van der Waals surface area contributed by atoms with E-state index in [9.17, 15) is 24.1 Å². The van der Waals surface area contributed by atoms with Crippen molar-refractivity contribution in [2.45, 2.75) is 26.0 Å². The molecule has 0 aliphatic carbocycles. The van der Waals surface area contributed by atoms with Gasteiger partial charge in [-0.1, -0.05) is 78.9 Å². The lowest BCUT2D eigenvalue weighted by Gasteiger charge is -2.32. The molecule has 0 radical (unpaired) electrons. The summed E-state index contributed by atoms with van der Waals surface area (Å²) in [5.74, 6) is -2.60. The highest BCUT2D eigenvalue weighted by molar-refractivity contribution is 7.59. The first kappa shape index (κ1) is 32.7. The molecule has 44 heavy (non-hydrogen) atoms. The van der Waals surface area contributed by atoms with Crippen molar-refractivity contribution in [1.29, 1.82) is 0 Å². The summed E-state index contributed by atoms with van der Waals surface area (Å²) in [6, 6.07) is 28.4. The van der Waals surface area contributed by atoms with Gasteiger partial charge in [0.25, 0.3) is 0 Å². The second-order valence-electron chi connectivity index (χ2n) is 10.2. The Morgan fingerprint density at radius 2 is 1.55 bits per heavy atom. The first-order valence-electron chi connectivity index (χ1n) is 14.0. The minimum Gasteiger partial charge on any atom is -0.480 e. The Labute approximate surface area is 260 Å². The molecule has 2 N–H and O–H groups in total. The molecule has 1 aromatic heterocycles. The van der Waals surface area contributed by atoms with Gasteiger partial charge < -0.3 is 19.7 Å². The molecular weight excluding hydrogens is 599 g/mol. The van der Waals surface area contributed by atoms with E-state index in [0.717, 1.165) is 21.6 Å². The maximum Gasteiger partial charge on any atom is 0.407 e. The smallest absolute Gasteiger partial charge is 0.407 e. The van der Waals surface area contributed by atoms with E-state index < -0.39 is 37.3 Å². The van der Waals surface area contributed by atoms with E-state index in [1.54, 1.807) is 12.1 Å². The predicted octanol–water partition coefficient (Wildman–Crippen LogP) is 6.89. The van der Waals surface area contributed by atoms with Crippen LogP contribution in [0.4, 0.5) is 10.5 Å². The third kappa shape index (κ3) is 8.89. The van der Waals surface area contributed by atoms with E-state index in [4.69, 9.17) is 9.26 Å². The Hall–Kier alpha value is -4.24. The minimum absolute atomic E-state index is 0.0363. The number of carboxylic acids is 1. The van der Waals surface area contributed by atoms with Crippen molar-refractivity contribution < 1.29 is 33.3 Å². The summed E-state index contributed by atoms with van der Waals surface area (Å²) < 4.78 is 24.5. The van der Waals surface area contributed by atoms with E-state index in [0.29, 0.717) is 5.69 Å². The molecular formula is C33H35N2O7PS. The average Bonchev–Trinajstić information content (AvgIpc) is 3.57. The number of nitrogens with zero attached hydrogens (tertiary/aromatic N) is 1. The fraction of sp³-hybridized carbons (Fsp3) is 0.242. The highest BCUT2D eigenvalue weighted by Gasteiger charge is 2.37. The summed E-state index contributed by atoms with van der Waals surface area (Å²) >= 11 is 1.44. The number of carbonyl (C=O) groups excluding carboxylic acids is 2.